The van der Waals surface area contributed by atoms with Gasteiger partial charge < -0.3 is 39.1 Å². The third-order valence-corrected chi connectivity index (χ3v) is 4.76. The molecule has 33 heavy (non-hydrogen) atoms. The predicted molar refractivity (Wildman–Crippen MR) is 125 cm³/mol. The first-order valence-corrected chi connectivity index (χ1v) is 12.5. The summed E-state index contributed by atoms with van der Waals surface area (Å²) in [6.07, 6.45) is 0.482. The van der Waals surface area contributed by atoms with E-state index < -0.39 is 0 Å². The average molecular weight is 500 g/mol. The number of hydrogen-bond acceptors (Lipinski definition) is 9. The summed E-state index contributed by atoms with van der Waals surface area (Å²) in [7, 11) is 0. The highest BCUT2D eigenvalue weighted by atomic mass is 32.2. The van der Waals surface area contributed by atoms with Crippen LogP contribution in [0.4, 0.5) is 4.39 Å². The molecule has 0 saturated heterocycles. The van der Waals surface area contributed by atoms with Gasteiger partial charge in [0.25, 0.3) is 0 Å². The number of hydrogen-bond donors (Lipinski definition) is 2. The quantitative estimate of drug-likeness (QED) is 0.164. The molecule has 0 bridgehead atoms. The molecule has 0 spiro atoms. The Bertz CT molecular complexity index is 452. The van der Waals surface area contributed by atoms with E-state index in [1.54, 1.807) is 0 Å². The molecule has 0 aliphatic heterocycles. The third-order valence-electron chi connectivity index (χ3n) is 3.72. The minimum Gasteiger partial charge on any atom is -0.377 e. The number of thioether (sulfide) groups is 1. The van der Waals surface area contributed by atoms with Crippen LogP contribution < -0.4 is 10.6 Å². The van der Waals surface area contributed by atoms with Crippen molar-refractivity contribution < 1.29 is 42.4 Å². The van der Waals surface area contributed by atoms with Gasteiger partial charge in [0.2, 0.25) is 11.8 Å². The van der Waals surface area contributed by atoms with Gasteiger partial charge in [0.1, 0.15) is 6.61 Å². The van der Waals surface area contributed by atoms with Gasteiger partial charge in [-0.15, -0.1) is 0 Å². The fourth-order valence-corrected chi connectivity index (χ4v) is 2.87. The summed E-state index contributed by atoms with van der Waals surface area (Å²) in [5.74, 6) is 0.789. The van der Waals surface area contributed by atoms with Crippen LogP contribution >= 0.6 is 11.8 Å². The lowest BCUT2D eigenvalue weighted by atomic mass is 10.5. The maximum atomic E-state index is 11.9. The van der Waals surface area contributed by atoms with Gasteiger partial charge in [-0.25, -0.2) is 0 Å². The number of amides is 2. The normalized spacial score (nSPS) is 11.0. The molecule has 0 fully saturated rings. The minimum atomic E-state index is -0.345. The second-order valence-corrected chi connectivity index (χ2v) is 7.60. The summed E-state index contributed by atoms with van der Waals surface area (Å²) in [6, 6.07) is 0. The fraction of sp³-hybridized carbons (Fsp3) is 0.905. The van der Waals surface area contributed by atoms with Gasteiger partial charge in [-0.2, -0.15) is 11.8 Å². The highest BCUT2D eigenvalue weighted by Crippen LogP contribution is 2.01. The second kappa shape index (κ2) is 27.2. The lowest BCUT2D eigenvalue weighted by Crippen LogP contribution is -2.30. The van der Waals surface area contributed by atoms with Crippen molar-refractivity contribution in [2.75, 3.05) is 111 Å². The Morgan fingerprint density at radius 2 is 1.15 bits per heavy atom. The van der Waals surface area contributed by atoms with E-state index in [2.05, 4.69) is 10.6 Å². The molecular weight excluding hydrogens is 458 g/mol. The average Bonchev–Trinajstić information content (AvgIpc) is 2.82. The molecule has 0 aliphatic carbocycles. The van der Waals surface area contributed by atoms with Crippen molar-refractivity contribution in [3.05, 3.63) is 0 Å². The molecule has 10 nitrogen and oxygen atoms in total. The summed E-state index contributed by atoms with van der Waals surface area (Å²) in [5, 5.41) is 5.43. The van der Waals surface area contributed by atoms with Crippen LogP contribution in [0.15, 0.2) is 0 Å². The van der Waals surface area contributed by atoms with Crippen molar-refractivity contribution in [3.8, 4) is 0 Å². The Morgan fingerprint density at radius 3 is 1.61 bits per heavy atom. The Labute approximate surface area is 200 Å². The van der Waals surface area contributed by atoms with Gasteiger partial charge in [-0.3, -0.25) is 14.0 Å². The van der Waals surface area contributed by atoms with Crippen molar-refractivity contribution in [1.82, 2.24) is 10.6 Å². The molecule has 0 aromatic carbocycles. The topological polar surface area (TPSA) is 114 Å². The highest BCUT2D eigenvalue weighted by molar-refractivity contribution is 7.99. The molecule has 0 heterocycles. The molecule has 0 aromatic rings. The molecule has 2 N–H and O–H groups in total. The predicted octanol–water partition coefficient (Wildman–Crippen LogP) is 0.431. The van der Waals surface area contributed by atoms with Crippen LogP contribution in [0.3, 0.4) is 0 Å². The van der Waals surface area contributed by atoms with Crippen molar-refractivity contribution in [2.45, 2.75) is 13.3 Å². The van der Waals surface area contributed by atoms with Gasteiger partial charge >= 0.3 is 0 Å². The number of rotatable bonds is 26. The maximum Gasteiger partial charge on any atom is 0.246 e. The molecule has 0 aliphatic rings. The lowest BCUT2D eigenvalue weighted by molar-refractivity contribution is -0.125. The smallest absolute Gasteiger partial charge is 0.246 e. The van der Waals surface area contributed by atoms with Gasteiger partial charge in [0.05, 0.1) is 78.5 Å². The number of ether oxygens (including phenoxy) is 6. The van der Waals surface area contributed by atoms with E-state index in [1.807, 2.05) is 6.92 Å². The summed E-state index contributed by atoms with van der Waals surface area (Å²) < 4.78 is 43.8. The molecule has 12 heteroatoms. The molecule has 0 rings (SSSR count). The zero-order valence-electron chi connectivity index (χ0n) is 19.8. The van der Waals surface area contributed by atoms with Crippen LogP contribution in [0.1, 0.15) is 13.3 Å². The van der Waals surface area contributed by atoms with E-state index in [4.69, 9.17) is 28.4 Å². The monoisotopic (exact) mass is 499 g/mol. The first-order chi connectivity index (χ1) is 16.2. The summed E-state index contributed by atoms with van der Waals surface area (Å²) in [6.45, 7) is 7.51. The molecule has 2 amide bonds. The fourth-order valence-electron chi connectivity index (χ4n) is 2.13. The molecule has 0 unspecified atom stereocenters. The zero-order valence-corrected chi connectivity index (χ0v) is 20.6. The van der Waals surface area contributed by atoms with Crippen LogP contribution in [0, 0.1) is 0 Å². The highest BCUT2D eigenvalue weighted by Gasteiger charge is 2.01. The van der Waals surface area contributed by atoms with Crippen LogP contribution in [-0.2, 0) is 38.0 Å². The first-order valence-electron chi connectivity index (χ1n) is 11.3. The molecule has 0 radical (unpaired) electrons. The van der Waals surface area contributed by atoms with Gasteiger partial charge in [-0.05, 0) is 19.1 Å². The minimum absolute atomic E-state index is 0.0635. The van der Waals surface area contributed by atoms with E-state index in [0.717, 1.165) is 0 Å². The van der Waals surface area contributed by atoms with Crippen LogP contribution in [0.5, 0.6) is 0 Å². The van der Waals surface area contributed by atoms with Gasteiger partial charge in [0.15, 0.2) is 0 Å². The summed E-state index contributed by atoms with van der Waals surface area (Å²) in [4.78, 5) is 22.7. The van der Waals surface area contributed by atoms with Crippen LogP contribution in [0.25, 0.3) is 0 Å². The summed E-state index contributed by atoms with van der Waals surface area (Å²) in [5.41, 5.74) is 0. The Hall–Kier alpha value is -1.02. The van der Waals surface area contributed by atoms with E-state index in [1.165, 1.54) is 11.8 Å². The number of nitrogens with one attached hydrogen (secondary N) is 2. The first kappa shape index (κ1) is 32.0. The van der Waals surface area contributed by atoms with Crippen LogP contribution in [0.2, 0.25) is 0 Å². The molecule has 196 valence electrons. The third kappa shape index (κ3) is 27.1. The van der Waals surface area contributed by atoms with Crippen molar-refractivity contribution in [2.24, 2.45) is 0 Å². The Kier molecular flexibility index (Phi) is 26.4. The van der Waals surface area contributed by atoms with E-state index in [-0.39, 0.29) is 25.1 Å². The van der Waals surface area contributed by atoms with Crippen molar-refractivity contribution in [3.63, 3.8) is 0 Å². The van der Waals surface area contributed by atoms with E-state index in [9.17, 15) is 14.0 Å². The Balaban J connectivity index is 3.13. The number of alkyl halides is 1. The van der Waals surface area contributed by atoms with Gasteiger partial charge in [-0.1, -0.05) is 0 Å². The number of carbonyl (C=O) groups excluding carboxylic acids is 2. The standard InChI is InChI=1S/C21H41FN2O8S/c1-2-27-18-20(25)23-5-7-28-9-11-30-13-15-32-16-14-31-12-10-29-8-6-24-21(26)19-33-17-3-4-22/h2-19H2,1H3,(H,23,25)(H,24,26)/i22-1. The number of carbonyl (C=O) groups is 2. The molecule has 0 atom stereocenters. The Morgan fingerprint density at radius 1 is 0.697 bits per heavy atom. The largest absolute Gasteiger partial charge is 0.377 e. The molecular formula is C21H41FN2O8S. The van der Waals surface area contributed by atoms with Crippen molar-refractivity contribution in [1.29, 1.82) is 0 Å². The molecule has 0 saturated carbocycles. The van der Waals surface area contributed by atoms with Crippen LogP contribution in [-0.4, -0.2) is 122 Å². The zero-order chi connectivity index (χ0) is 24.2. The van der Waals surface area contributed by atoms with E-state index >= 15 is 0 Å². The number of halogens is 1. The summed E-state index contributed by atoms with van der Waals surface area (Å²) >= 11 is 1.43. The van der Waals surface area contributed by atoms with Gasteiger partial charge in [0, 0.05) is 19.7 Å². The van der Waals surface area contributed by atoms with Crippen molar-refractivity contribution >= 4 is 23.6 Å². The lowest BCUT2D eigenvalue weighted by Gasteiger charge is -2.09. The maximum absolute atomic E-state index is 11.9. The van der Waals surface area contributed by atoms with E-state index in [0.29, 0.717) is 104 Å². The SMILES string of the molecule is CCOCC(=O)NCCOCCOCCOCCOCCOCCNC(=O)CSCCC[18F]. The second-order valence-electron chi connectivity index (χ2n) is 6.49. The molecule has 0 aromatic heterocycles.